The first-order valence-electron chi connectivity index (χ1n) is 10.3. The summed E-state index contributed by atoms with van der Waals surface area (Å²) in [5.74, 6) is 0.860. The molecule has 1 heterocycles. The van der Waals surface area contributed by atoms with E-state index in [1.165, 1.54) is 7.11 Å². The van der Waals surface area contributed by atoms with Crippen molar-refractivity contribution in [3.63, 3.8) is 0 Å². The molecule has 3 rings (SSSR count). The van der Waals surface area contributed by atoms with Gasteiger partial charge in [0.25, 0.3) is 5.91 Å². The summed E-state index contributed by atoms with van der Waals surface area (Å²) in [6, 6.07) is 11.7. The molecule has 8 heteroatoms. The van der Waals surface area contributed by atoms with Crippen LogP contribution in [0.5, 0.6) is 5.75 Å². The number of rotatable bonds is 9. The van der Waals surface area contributed by atoms with E-state index in [-0.39, 0.29) is 5.91 Å². The molecular formula is C23H28N4O4. The highest BCUT2D eigenvalue weighted by molar-refractivity contribution is 6.03. The Labute approximate surface area is 181 Å². The summed E-state index contributed by atoms with van der Waals surface area (Å²) in [6.45, 7) is 7.38. The summed E-state index contributed by atoms with van der Waals surface area (Å²) in [5, 5.41) is 8.47. The van der Waals surface area contributed by atoms with E-state index in [0.29, 0.717) is 35.0 Å². The number of ether oxygens (including phenoxy) is 1. The summed E-state index contributed by atoms with van der Waals surface area (Å²) in [6.07, 6.45) is 1.58. The minimum Gasteiger partial charge on any atom is -0.496 e. The van der Waals surface area contributed by atoms with Crippen molar-refractivity contribution < 1.29 is 18.7 Å². The van der Waals surface area contributed by atoms with Crippen molar-refractivity contribution in [3.8, 4) is 17.1 Å². The Morgan fingerprint density at radius 2 is 1.87 bits per heavy atom. The number of nitrogens with zero attached hydrogens (tertiary/aromatic N) is 1. The average molecular weight is 425 g/mol. The van der Waals surface area contributed by atoms with Gasteiger partial charge in [0.05, 0.1) is 24.6 Å². The summed E-state index contributed by atoms with van der Waals surface area (Å²) < 4.78 is 10.7. The minimum absolute atomic E-state index is 0.216. The molecule has 0 aromatic heterocycles. The van der Waals surface area contributed by atoms with Crippen LogP contribution in [0.2, 0.25) is 0 Å². The zero-order valence-electron chi connectivity index (χ0n) is 18.0. The lowest BCUT2D eigenvalue weighted by Crippen LogP contribution is -2.34. The van der Waals surface area contributed by atoms with Gasteiger partial charge >= 0.3 is 6.03 Å². The van der Waals surface area contributed by atoms with Crippen LogP contribution in [0.15, 0.2) is 53.1 Å². The number of carbonyl (C=O) groups excluding carboxylic acids is 2. The number of hydrogen-bond donors (Lipinski definition) is 3. The Kier molecular flexibility index (Phi) is 7.50. The number of fused-ring (bicyclic) bond motifs is 1. The van der Waals surface area contributed by atoms with Gasteiger partial charge in [0.15, 0.2) is 0 Å². The Morgan fingerprint density at radius 1 is 1.06 bits per heavy atom. The zero-order valence-corrected chi connectivity index (χ0v) is 18.0. The molecule has 0 saturated carbocycles. The number of nitrogens with one attached hydrogen (secondary N) is 3. The number of likely N-dealkylation sites (N-methyl/N-ethyl adjacent to an activating group) is 1. The maximum absolute atomic E-state index is 12.5. The van der Waals surface area contributed by atoms with Gasteiger partial charge in [-0.1, -0.05) is 13.8 Å². The van der Waals surface area contributed by atoms with E-state index in [1.54, 1.807) is 42.7 Å². The molecule has 3 N–H and O–H groups in total. The van der Waals surface area contributed by atoms with Crippen LogP contribution in [-0.2, 0) is 0 Å². The van der Waals surface area contributed by atoms with E-state index in [2.05, 4.69) is 34.7 Å². The van der Waals surface area contributed by atoms with Crippen molar-refractivity contribution in [2.45, 2.75) is 13.8 Å². The fourth-order valence-electron chi connectivity index (χ4n) is 3.31. The van der Waals surface area contributed by atoms with Gasteiger partial charge in [-0.05, 0) is 49.5 Å². The third-order valence-corrected chi connectivity index (χ3v) is 5.05. The zero-order chi connectivity index (χ0) is 22.2. The number of methoxy groups -OCH3 is 1. The van der Waals surface area contributed by atoms with Gasteiger partial charge in [0.2, 0.25) is 0 Å². The number of amides is 3. The van der Waals surface area contributed by atoms with E-state index in [1.807, 2.05) is 6.07 Å². The van der Waals surface area contributed by atoms with Crippen molar-refractivity contribution in [2.75, 3.05) is 43.9 Å². The number of hydrogen-bond acceptors (Lipinski definition) is 5. The third kappa shape index (κ3) is 5.55. The molecular weight excluding hydrogens is 396 g/mol. The first-order chi connectivity index (χ1) is 15.0. The lowest BCUT2D eigenvalue weighted by atomic mass is 10.1. The Bertz CT molecular complexity index is 997. The summed E-state index contributed by atoms with van der Waals surface area (Å²) in [4.78, 5) is 27.2. The topological polar surface area (TPSA) is 95.8 Å². The maximum Gasteiger partial charge on any atom is 0.323 e. The molecule has 1 aliphatic heterocycles. The van der Waals surface area contributed by atoms with Gasteiger partial charge < -0.3 is 30.0 Å². The Morgan fingerprint density at radius 3 is 2.61 bits per heavy atom. The Balaban J connectivity index is 1.61. The summed E-state index contributed by atoms with van der Waals surface area (Å²) in [7, 11) is 1.49. The van der Waals surface area contributed by atoms with Crippen molar-refractivity contribution in [3.05, 3.63) is 54.3 Å². The molecule has 0 atom stereocenters. The monoisotopic (exact) mass is 424 g/mol. The fourth-order valence-corrected chi connectivity index (χ4v) is 3.31. The van der Waals surface area contributed by atoms with Crippen LogP contribution >= 0.6 is 0 Å². The largest absolute Gasteiger partial charge is 0.496 e. The molecule has 0 radical (unpaired) electrons. The minimum atomic E-state index is -0.408. The van der Waals surface area contributed by atoms with E-state index in [9.17, 15) is 9.59 Å². The summed E-state index contributed by atoms with van der Waals surface area (Å²) in [5.41, 5.74) is 2.38. The first kappa shape index (κ1) is 22.2. The molecule has 1 aliphatic carbocycles. The van der Waals surface area contributed by atoms with Crippen molar-refractivity contribution in [1.29, 1.82) is 0 Å². The molecule has 31 heavy (non-hydrogen) atoms. The third-order valence-electron chi connectivity index (χ3n) is 5.05. The van der Waals surface area contributed by atoms with Gasteiger partial charge in [-0.25, -0.2) is 4.79 Å². The molecule has 1 aromatic rings. The molecule has 0 saturated heterocycles. The van der Waals surface area contributed by atoms with E-state index in [0.717, 1.165) is 25.2 Å². The molecule has 0 unspecified atom stereocenters. The molecule has 2 aliphatic rings. The van der Waals surface area contributed by atoms with E-state index < -0.39 is 6.03 Å². The van der Waals surface area contributed by atoms with Crippen LogP contribution in [0.3, 0.4) is 0 Å². The lowest BCUT2D eigenvalue weighted by molar-refractivity contribution is 0.0946. The highest BCUT2D eigenvalue weighted by Gasteiger charge is 2.16. The number of carbonyl (C=O) groups is 2. The van der Waals surface area contributed by atoms with Gasteiger partial charge in [0.1, 0.15) is 11.5 Å². The maximum atomic E-state index is 12.5. The fraction of sp³-hybridized carbons (Fsp3) is 0.304. The quantitative estimate of drug-likeness (QED) is 0.480. The second kappa shape index (κ2) is 10.5. The number of urea groups is 1. The number of anilines is 2. The van der Waals surface area contributed by atoms with Crippen LogP contribution in [0.25, 0.3) is 11.3 Å². The Hall–Kier alpha value is -3.52. The first-order valence-corrected chi connectivity index (χ1v) is 10.3. The van der Waals surface area contributed by atoms with E-state index in [4.69, 9.17) is 9.15 Å². The number of benzene rings is 1. The molecule has 0 spiro atoms. The predicted octanol–water partition coefficient (Wildman–Crippen LogP) is 4.11. The average Bonchev–Trinajstić information content (AvgIpc) is 3.19. The molecule has 0 bridgehead atoms. The highest BCUT2D eigenvalue weighted by Crippen LogP contribution is 2.32. The normalized spacial score (nSPS) is 10.8. The van der Waals surface area contributed by atoms with Crippen molar-refractivity contribution in [2.24, 2.45) is 0 Å². The van der Waals surface area contributed by atoms with Crippen LogP contribution in [0.1, 0.15) is 24.2 Å². The van der Waals surface area contributed by atoms with Crippen LogP contribution < -0.4 is 20.7 Å². The SMILES string of the molecule is CCN(CC)CCNC(=O)c1ccc(NC(=O)Nc2ccc3occcc2-3)cc1OC. The molecule has 164 valence electrons. The molecule has 8 nitrogen and oxygen atoms in total. The standard InChI is InChI=1S/C23H28N4O4/c1-4-27(5-2)13-12-24-22(28)18-9-8-16(15-21(18)30-3)25-23(29)26-19-10-11-20-17(19)7-6-14-31-20/h6-11,14-15H,4-5,12-13H2,1-3H3,(H,24,28)(H2,25,26,29). The van der Waals surface area contributed by atoms with Gasteiger partial charge in [-0.3, -0.25) is 4.79 Å². The predicted molar refractivity (Wildman–Crippen MR) is 121 cm³/mol. The summed E-state index contributed by atoms with van der Waals surface area (Å²) >= 11 is 0. The molecule has 0 fully saturated rings. The van der Waals surface area contributed by atoms with Crippen molar-refractivity contribution in [1.82, 2.24) is 10.2 Å². The molecule has 1 aromatic carbocycles. The lowest BCUT2D eigenvalue weighted by Gasteiger charge is -2.18. The van der Waals surface area contributed by atoms with Crippen LogP contribution in [0, 0.1) is 0 Å². The van der Waals surface area contributed by atoms with Gasteiger partial charge in [-0.15, -0.1) is 0 Å². The molecule has 3 amide bonds. The van der Waals surface area contributed by atoms with Gasteiger partial charge in [0, 0.05) is 30.4 Å². The van der Waals surface area contributed by atoms with Crippen molar-refractivity contribution >= 4 is 23.3 Å². The van der Waals surface area contributed by atoms with Crippen LogP contribution in [-0.4, -0.2) is 50.1 Å². The smallest absolute Gasteiger partial charge is 0.323 e. The highest BCUT2D eigenvalue weighted by atomic mass is 16.5. The van der Waals surface area contributed by atoms with E-state index >= 15 is 0 Å². The van der Waals surface area contributed by atoms with Crippen LogP contribution in [0.4, 0.5) is 16.2 Å². The second-order valence-corrected chi connectivity index (χ2v) is 6.91. The van der Waals surface area contributed by atoms with Gasteiger partial charge in [-0.2, -0.15) is 0 Å². The second-order valence-electron chi connectivity index (χ2n) is 6.91.